The van der Waals surface area contributed by atoms with Crippen LogP contribution < -0.4 is 16.4 Å². The van der Waals surface area contributed by atoms with Gasteiger partial charge in [-0.05, 0) is 45.1 Å². The predicted molar refractivity (Wildman–Crippen MR) is 86.3 cm³/mol. The normalized spacial score (nSPS) is 21.9. The molecule has 1 aliphatic heterocycles. The second-order valence-electron chi connectivity index (χ2n) is 5.54. The Hall–Kier alpha value is -0.880. The van der Waals surface area contributed by atoms with Gasteiger partial charge in [0.1, 0.15) is 5.82 Å². The molecule has 0 saturated carbocycles. The van der Waals surface area contributed by atoms with Gasteiger partial charge in [0.05, 0.1) is 0 Å². The smallest absolute Gasteiger partial charge is 0.123 e. The molecule has 6 heteroatoms. The Bertz CT molecular complexity index is 399. The molecule has 1 aromatic heterocycles. The molecule has 1 aliphatic rings. The molecular formula is C14H26ClN5. The third kappa shape index (κ3) is 5.25. The third-order valence-electron chi connectivity index (χ3n) is 3.60. The summed E-state index contributed by atoms with van der Waals surface area (Å²) in [5.41, 5.74) is 6.82. The summed E-state index contributed by atoms with van der Waals surface area (Å²) in [5, 5.41) is 7.09. The fraction of sp³-hybridized carbons (Fsp3) is 0.643. The van der Waals surface area contributed by atoms with Gasteiger partial charge in [-0.25, -0.2) is 4.98 Å². The molecule has 4 N–H and O–H groups in total. The summed E-state index contributed by atoms with van der Waals surface area (Å²) < 4.78 is 0. The number of hydrogen-bond donors (Lipinski definition) is 3. The summed E-state index contributed by atoms with van der Waals surface area (Å²) >= 11 is 0. The van der Waals surface area contributed by atoms with E-state index in [4.69, 9.17) is 5.73 Å². The number of nitrogens with one attached hydrogen (secondary N) is 2. The summed E-state index contributed by atoms with van der Waals surface area (Å²) in [4.78, 5) is 6.59. The van der Waals surface area contributed by atoms with Crippen LogP contribution in [-0.4, -0.2) is 56.2 Å². The molecule has 2 heterocycles. The van der Waals surface area contributed by atoms with Crippen molar-refractivity contribution in [1.29, 1.82) is 0 Å². The standard InChI is InChI=1S/C14H25N5.ClH/c1-19(2)7-6-17-13-10-16-9-11(13)8-12-4-3-5-14(15)18-12;/h3-5,11,13,16-17H,6-10H2,1-2H3,(H2,15,18);1H/t11-,13+;/m0./s1. The van der Waals surface area contributed by atoms with Gasteiger partial charge in [-0.1, -0.05) is 6.07 Å². The molecule has 1 saturated heterocycles. The van der Waals surface area contributed by atoms with Crippen LogP contribution >= 0.6 is 12.4 Å². The van der Waals surface area contributed by atoms with Crippen LogP contribution in [0.1, 0.15) is 5.69 Å². The molecule has 0 unspecified atom stereocenters. The quantitative estimate of drug-likeness (QED) is 0.708. The van der Waals surface area contributed by atoms with E-state index in [9.17, 15) is 0 Å². The Morgan fingerprint density at radius 3 is 2.90 bits per heavy atom. The first-order chi connectivity index (χ1) is 9.15. The predicted octanol–water partition coefficient (Wildman–Crippen LogP) is 0.367. The number of likely N-dealkylation sites (N-methyl/N-ethyl adjacent to an activating group) is 1. The third-order valence-corrected chi connectivity index (χ3v) is 3.60. The Labute approximate surface area is 127 Å². The monoisotopic (exact) mass is 299 g/mol. The zero-order valence-corrected chi connectivity index (χ0v) is 13.1. The summed E-state index contributed by atoms with van der Waals surface area (Å²) in [6.07, 6.45) is 0.984. The van der Waals surface area contributed by atoms with Crippen LogP contribution in [0.4, 0.5) is 5.82 Å². The van der Waals surface area contributed by atoms with E-state index in [1.165, 1.54) is 0 Å². The van der Waals surface area contributed by atoms with E-state index in [2.05, 4.69) is 40.7 Å². The molecule has 1 aromatic rings. The van der Waals surface area contributed by atoms with Crippen molar-refractivity contribution in [1.82, 2.24) is 20.5 Å². The lowest BCUT2D eigenvalue weighted by atomic mass is 9.97. The molecule has 0 aromatic carbocycles. The average molecular weight is 300 g/mol. The maximum Gasteiger partial charge on any atom is 0.123 e. The highest BCUT2D eigenvalue weighted by molar-refractivity contribution is 5.85. The van der Waals surface area contributed by atoms with Gasteiger partial charge < -0.3 is 21.3 Å². The molecule has 114 valence electrons. The number of nitrogen functional groups attached to an aromatic ring is 1. The van der Waals surface area contributed by atoms with E-state index in [-0.39, 0.29) is 12.4 Å². The largest absolute Gasteiger partial charge is 0.384 e. The van der Waals surface area contributed by atoms with Gasteiger partial charge >= 0.3 is 0 Å². The highest BCUT2D eigenvalue weighted by Gasteiger charge is 2.26. The fourth-order valence-corrected chi connectivity index (χ4v) is 2.54. The van der Waals surface area contributed by atoms with Gasteiger partial charge in [-0.2, -0.15) is 0 Å². The van der Waals surface area contributed by atoms with Crippen molar-refractivity contribution >= 4 is 18.2 Å². The number of pyridine rings is 1. The van der Waals surface area contributed by atoms with Gasteiger partial charge in [0.15, 0.2) is 0 Å². The van der Waals surface area contributed by atoms with Crippen LogP contribution in [-0.2, 0) is 6.42 Å². The Balaban J connectivity index is 0.00000200. The van der Waals surface area contributed by atoms with Gasteiger partial charge in [-0.3, -0.25) is 0 Å². The van der Waals surface area contributed by atoms with Crippen molar-refractivity contribution in [2.45, 2.75) is 12.5 Å². The zero-order chi connectivity index (χ0) is 13.7. The SMILES string of the molecule is CN(C)CCN[C@@H]1CNC[C@@H]1Cc1cccc(N)n1.Cl. The number of nitrogens with two attached hydrogens (primary N) is 1. The molecule has 2 atom stereocenters. The van der Waals surface area contributed by atoms with Crippen LogP contribution in [0.2, 0.25) is 0 Å². The van der Waals surface area contributed by atoms with E-state index in [1.54, 1.807) is 0 Å². The first-order valence-electron chi connectivity index (χ1n) is 6.95. The number of anilines is 1. The van der Waals surface area contributed by atoms with E-state index in [1.807, 2.05) is 12.1 Å². The molecule has 2 rings (SSSR count). The van der Waals surface area contributed by atoms with Crippen molar-refractivity contribution in [3.63, 3.8) is 0 Å². The molecule has 5 nitrogen and oxygen atoms in total. The van der Waals surface area contributed by atoms with Gasteiger partial charge in [-0.15, -0.1) is 12.4 Å². The molecule has 0 aliphatic carbocycles. The molecule has 0 radical (unpaired) electrons. The second-order valence-corrected chi connectivity index (χ2v) is 5.54. The highest BCUT2D eigenvalue weighted by Crippen LogP contribution is 2.15. The maximum atomic E-state index is 5.73. The highest BCUT2D eigenvalue weighted by atomic mass is 35.5. The molecule has 1 fully saturated rings. The summed E-state index contributed by atoms with van der Waals surface area (Å²) in [7, 11) is 4.20. The van der Waals surface area contributed by atoms with Crippen molar-refractivity contribution in [3.8, 4) is 0 Å². The van der Waals surface area contributed by atoms with Crippen molar-refractivity contribution in [2.24, 2.45) is 5.92 Å². The van der Waals surface area contributed by atoms with Crippen LogP contribution in [0.25, 0.3) is 0 Å². The first kappa shape index (κ1) is 17.2. The van der Waals surface area contributed by atoms with Gasteiger partial charge in [0.25, 0.3) is 0 Å². The first-order valence-corrected chi connectivity index (χ1v) is 6.95. The number of hydrogen-bond acceptors (Lipinski definition) is 5. The lowest BCUT2D eigenvalue weighted by Crippen LogP contribution is -2.40. The summed E-state index contributed by atoms with van der Waals surface area (Å²) in [5.74, 6) is 1.21. The van der Waals surface area contributed by atoms with E-state index in [0.29, 0.717) is 17.8 Å². The van der Waals surface area contributed by atoms with Crippen molar-refractivity contribution in [3.05, 3.63) is 23.9 Å². The fourth-order valence-electron chi connectivity index (χ4n) is 2.54. The van der Waals surface area contributed by atoms with Gasteiger partial charge in [0.2, 0.25) is 0 Å². The number of rotatable bonds is 6. The zero-order valence-electron chi connectivity index (χ0n) is 12.3. The summed E-state index contributed by atoms with van der Waals surface area (Å²) in [6.45, 7) is 4.19. The number of aromatic nitrogens is 1. The van der Waals surface area contributed by atoms with E-state index < -0.39 is 0 Å². The molecule has 0 bridgehead atoms. The van der Waals surface area contributed by atoms with Crippen LogP contribution in [0.5, 0.6) is 0 Å². The minimum atomic E-state index is 0. The van der Waals surface area contributed by atoms with E-state index >= 15 is 0 Å². The van der Waals surface area contributed by atoms with Crippen molar-refractivity contribution < 1.29 is 0 Å². The number of halogens is 1. The van der Waals surface area contributed by atoms with Crippen LogP contribution in [0.15, 0.2) is 18.2 Å². The Kier molecular flexibility index (Phi) is 7.23. The average Bonchev–Trinajstić information content (AvgIpc) is 2.76. The summed E-state index contributed by atoms with van der Waals surface area (Å²) in [6, 6.07) is 6.41. The maximum absolute atomic E-state index is 5.73. The Morgan fingerprint density at radius 1 is 1.40 bits per heavy atom. The molecule has 0 spiro atoms. The minimum absolute atomic E-state index is 0. The molecule has 20 heavy (non-hydrogen) atoms. The molecular weight excluding hydrogens is 274 g/mol. The van der Waals surface area contributed by atoms with Gasteiger partial charge in [0, 0.05) is 31.4 Å². The molecule has 0 amide bonds. The van der Waals surface area contributed by atoms with E-state index in [0.717, 1.165) is 38.3 Å². The minimum Gasteiger partial charge on any atom is -0.384 e. The lowest BCUT2D eigenvalue weighted by Gasteiger charge is -2.21. The topological polar surface area (TPSA) is 66.2 Å². The van der Waals surface area contributed by atoms with Crippen LogP contribution in [0.3, 0.4) is 0 Å². The van der Waals surface area contributed by atoms with Crippen molar-refractivity contribution in [2.75, 3.05) is 46.0 Å². The lowest BCUT2D eigenvalue weighted by molar-refractivity contribution is 0.361. The number of nitrogens with zero attached hydrogens (tertiary/aromatic N) is 2. The second kappa shape index (κ2) is 8.42. The Morgan fingerprint density at radius 2 is 2.20 bits per heavy atom. The van der Waals surface area contributed by atoms with Crippen LogP contribution in [0, 0.1) is 5.92 Å².